The number of aryl methyl sites for hydroxylation is 1. The first-order valence-corrected chi connectivity index (χ1v) is 22.3. The highest BCUT2D eigenvalue weighted by atomic mass is 16.6. The minimum absolute atomic E-state index is 0.0962. The third-order valence-electron chi connectivity index (χ3n) is 10.7. The van der Waals surface area contributed by atoms with Gasteiger partial charge in [0.15, 0.2) is 5.82 Å². The van der Waals surface area contributed by atoms with Crippen molar-refractivity contribution in [2.75, 3.05) is 69.7 Å². The van der Waals surface area contributed by atoms with Crippen LogP contribution >= 0.6 is 0 Å². The first-order valence-electron chi connectivity index (χ1n) is 22.3. The molecular weight excluding hydrogens is 855 g/mol. The maximum Gasteiger partial charge on any atom is 0.413 e. The van der Waals surface area contributed by atoms with Gasteiger partial charge in [0.25, 0.3) is 0 Å². The van der Waals surface area contributed by atoms with Gasteiger partial charge in [-0.05, 0) is 48.9 Å². The number of urea groups is 2. The van der Waals surface area contributed by atoms with Gasteiger partial charge >= 0.3 is 18.2 Å². The number of carbonyl (C=O) groups is 6. The monoisotopic (exact) mass is 917 g/mol. The third kappa shape index (κ3) is 15.0. The number of unbranched alkanes of at least 4 members (excludes halogenated alkanes) is 1. The van der Waals surface area contributed by atoms with E-state index in [4.69, 9.17) is 31.1 Å². The maximum atomic E-state index is 13.5. The molecule has 358 valence electrons. The van der Waals surface area contributed by atoms with E-state index in [2.05, 4.69) is 53.5 Å². The molecule has 66 heavy (non-hydrogen) atoms. The van der Waals surface area contributed by atoms with Crippen LogP contribution in [0.25, 0.3) is 21.9 Å². The number of nitrogens with zero attached hydrogens (tertiary/aromatic N) is 4. The second kappa shape index (κ2) is 25.8. The quantitative estimate of drug-likeness (QED) is 0.0360. The molecule has 11 N–H and O–H groups in total. The molecule has 22 heteroatoms. The second-order valence-corrected chi connectivity index (χ2v) is 16.0. The van der Waals surface area contributed by atoms with E-state index in [-0.39, 0.29) is 37.3 Å². The molecule has 0 spiro atoms. The topological polar surface area (TPSA) is 300 Å². The number of hydrogen-bond donors (Lipinski definition) is 9. The van der Waals surface area contributed by atoms with E-state index < -0.39 is 48.5 Å². The molecule has 1 aliphatic rings. The summed E-state index contributed by atoms with van der Waals surface area (Å²) in [5.74, 6) is 4.00. The van der Waals surface area contributed by atoms with E-state index in [0.29, 0.717) is 74.5 Å². The van der Waals surface area contributed by atoms with Crippen LogP contribution in [-0.4, -0.2) is 126 Å². The van der Waals surface area contributed by atoms with E-state index >= 15 is 0 Å². The van der Waals surface area contributed by atoms with Gasteiger partial charge in [-0.15, -0.1) is 0 Å². The van der Waals surface area contributed by atoms with Crippen molar-refractivity contribution < 1.29 is 43.1 Å². The molecule has 2 aromatic heterocycles. The van der Waals surface area contributed by atoms with Crippen LogP contribution < -0.4 is 48.8 Å². The fraction of sp³-hybridized carbons (Fsp3) is 0.500. The Balaban J connectivity index is 1.21. The molecule has 1 aliphatic heterocycles. The maximum absolute atomic E-state index is 13.5. The van der Waals surface area contributed by atoms with Crippen molar-refractivity contribution in [1.82, 2.24) is 46.0 Å². The van der Waals surface area contributed by atoms with Gasteiger partial charge in [-0.3, -0.25) is 24.5 Å². The minimum Gasteiger partial charge on any atom is -0.444 e. The third-order valence-corrected chi connectivity index (χ3v) is 10.7. The van der Waals surface area contributed by atoms with Crippen molar-refractivity contribution in [1.29, 1.82) is 0 Å². The summed E-state index contributed by atoms with van der Waals surface area (Å²) in [5, 5.41) is 20.3. The van der Waals surface area contributed by atoms with Gasteiger partial charge < -0.3 is 56.6 Å². The summed E-state index contributed by atoms with van der Waals surface area (Å²) in [5.41, 5.74) is 8.18. The molecule has 2 atom stereocenters. The van der Waals surface area contributed by atoms with Crippen LogP contribution in [0.3, 0.4) is 0 Å². The number of fused-ring (bicyclic) bond motifs is 3. The van der Waals surface area contributed by atoms with E-state index in [1.165, 1.54) is 0 Å². The summed E-state index contributed by atoms with van der Waals surface area (Å²) >= 11 is 0. The number of imidazole rings is 1. The summed E-state index contributed by atoms with van der Waals surface area (Å²) in [6.07, 6.45) is 2.26. The average molecular weight is 918 g/mol. The van der Waals surface area contributed by atoms with Crippen LogP contribution in [0.4, 0.5) is 25.9 Å². The van der Waals surface area contributed by atoms with Gasteiger partial charge in [0.2, 0.25) is 17.7 Å². The Labute approximate surface area is 382 Å². The molecule has 0 unspecified atom stereocenters. The molecule has 0 aliphatic carbocycles. The lowest BCUT2D eigenvalue weighted by Crippen LogP contribution is -2.55. The van der Waals surface area contributed by atoms with Crippen molar-refractivity contribution >= 4 is 69.3 Å². The number of hydrogen-bond acceptors (Lipinski definition) is 13. The molecule has 0 bridgehead atoms. The molecular formula is C44H63N13O9. The minimum atomic E-state index is -1.05. The highest BCUT2D eigenvalue weighted by Crippen LogP contribution is 2.31. The molecule has 0 saturated carbocycles. The van der Waals surface area contributed by atoms with E-state index in [0.717, 1.165) is 42.7 Å². The lowest BCUT2D eigenvalue weighted by molar-refractivity contribution is -0.133. The molecule has 5 rings (SSSR count). The number of benzene rings is 2. The SMILES string of the molecule is CCCCc1nc2c(NC(=O)OCc3ccc(NC(=O)[C@@H](CCCNC(N)=O)NC(=O)[C@H](NC(=O)CON)C(C)C)cc3)nc3ccccc3c2n1CCOCCNC(=O)N1CCNCC1. The number of pyridine rings is 1. The molecule has 22 nitrogen and oxygen atoms in total. The highest BCUT2D eigenvalue weighted by molar-refractivity contribution is 6.09. The van der Waals surface area contributed by atoms with Crippen LogP contribution in [0.5, 0.6) is 0 Å². The number of nitrogens with two attached hydrogens (primary N) is 2. The predicted molar refractivity (Wildman–Crippen MR) is 247 cm³/mol. The molecule has 1 saturated heterocycles. The second-order valence-electron chi connectivity index (χ2n) is 16.0. The number of para-hydroxylation sites is 1. The van der Waals surface area contributed by atoms with Gasteiger partial charge in [0, 0.05) is 63.3 Å². The van der Waals surface area contributed by atoms with Crippen LogP contribution in [0.15, 0.2) is 48.5 Å². The Morgan fingerprint density at radius 1 is 0.879 bits per heavy atom. The van der Waals surface area contributed by atoms with Crippen molar-refractivity contribution in [2.45, 2.75) is 78.1 Å². The summed E-state index contributed by atoms with van der Waals surface area (Å²) in [6.45, 7) is 9.67. The Morgan fingerprint density at radius 3 is 2.35 bits per heavy atom. The van der Waals surface area contributed by atoms with Crippen molar-refractivity contribution in [3.63, 3.8) is 0 Å². The lowest BCUT2D eigenvalue weighted by Gasteiger charge is -2.27. The zero-order valence-electron chi connectivity index (χ0n) is 37.8. The Bertz CT molecular complexity index is 2270. The molecule has 4 aromatic rings. The molecule has 1 fully saturated rings. The molecule has 0 radical (unpaired) electrons. The number of rotatable bonds is 24. The molecule has 8 amide bonds. The van der Waals surface area contributed by atoms with E-state index in [1.54, 1.807) is 43.0 Å². The first-order chi connectivity index (χ1) is 31.9. The Hall–Kier alpha value is -6.62. The summed E-state index contributed by atoms with van der Waals surface area (Å²) in [7, 11) is 0. The Morgan fingerprint density at radius 2 is 1.64 bits per heavy atom. The highest BCUT2D eigenvalue weighted by Gasteiger charge is 2.29. The lowest BCUT2D eigenvalue weighted by atomic mass is 10.0. The van der Waals surface area contributed by atoms with Crippen LogP contribution in [0.1, 0.15) is 57.8 Å². The van der Waals surface area contributed by atoms with Crippen molar-refractivity contribution in [3.8, 4) is 0 Å². The van der Waals surface area contributed by atoms with E-state index in [1.807, 2.05) is 24.3 Å². The van der Waals surface area contributed by atoms with Gasteiger partial charge in [-0.2, -0.15) is 0 Å². The fourth-order valence-corrected chi connectivity index (χ4v) is 7.27. The van der Waals surface area contributed by atoms with Gasteiger partial charge in [0.1, 0.15) is 36.6 Å². The van der Waals surface area contributed by atoms with Crippen molar-refractivity contribution in [2.24, 2.45) is 17.5 Å². The number of anilines is 2. The average Bonchev–Trinajstić information content (AvgIpc) is 3.68. The van der Waals surface area contributed by atoms with Crippen LogP contribution in [0.2, 0.25) is 0 Å². The number of ether oxygens (including phenoxy) is 2. The van der Waals surface area contributed by atoms with Crippen LogP contribution in [0, 0.1) is 5.92 Å². The summed E-state index contributed by atoms with van der Waals surface area (Å²) in [6, 6.07) is 11.4. The summed E-state index contributed by atoms with van der Waals surface area (Å²) in [4.78, 5) is 91.8. The van der Waals surface area contributed by atoms with E-state index in [9.17, 15) is 28.8 Å². The van der Waals surface area contributed by atoms with Crippen molar-refractivity contribution in [3.05, 3.63) is 59.9 Å². The number of amides is 8. The number of carbonyl (C=O) groups excluding carboxylic acids is 6. The van der Waals surface area contributed by atoms with Gasteiger partial charge in [0.05, 0.1) is 24.2 Å². The largest absolute Gasteiger partial charge is 0.444 e. The van der Waals surface area contributed by atoms with Gasteiger partial charge in [-0.1, -0.05) is 57.5 Å². The zero-order chi connectivity index (χ0) is 47.4. The smallest absolute Gasteiger partial charge is 0.413 e. The predicted octanol–water partition coefficient (Wildman–Crippen LogP) is 2.21. The van der Waals surface area contributed by atoms with Crippen LogP contribution in [-0.2, 0) is 48.3 Å². The standard InChI is InChI=1S/C44H63N13O9/c1-4-5-12-34-53-37-38(57(34)23-25-64-24-20-49-43(62)56-21-18-47-19-22-56)31-9-6-7-10-32(31)51-39(37)55-44(63)65-26-29-13-15-30(16-14-29)50-40(59)33(11-8-17-48-42(45)61)52-41(60)36(28(2)3)54-35(58)27-66-46/h6-7,9-10,13-16,28,33,36,47H,4-5,8,11-12,17-27,46H2,1-3H3,(H,49,62)(H,50,59)(H,52,60)(H,54,58)(H3,45,48,61)(H,51,55,63)/t33-,36-/m1/s1. The first kappa shape index (κ1) is 50.4. The normalized spacial score (nSPS) is 13.5. The summed E-state index contributed by atoms with van der Waals surface area (Å²) < 4.78 is 13.7. The fourth-order valence-electron chi connectivity index (χ4n) is 7.27. The number of piperazine rings is 1. The van der Waals surface area contributed by atoms with Gasteiger partial charge in [-0.25, -0.2) is 30.2 Å². The number of nitrogens with one attached hydrogen (secondary N) is 7. The number of aromatic nitrogens is 3. The number of primary amides is 1. The Kier molecular flexibility index (Phi) is 19.7. The molecule has 3 heterocycles. The molecule has 2 aromatic carbocycles. The zero-order valence-corrected chi connectivity index (χ0v) is 37.8.